The van der Waals surface area contributed by atoms with Crippen molar-refractivity contribution in [3.63, 3.8) is 0 Å². The second-order valence-corrected chi connectivity index (χ2v) is 27.4. The number of carbonyl (C=O) groups is 2. The maximum atomic E-state index is 12.5. The molecule has 0 saturated heterocycles. The van der Waals surface area contributed by atoms with E-state index in [0.717, 1.165) is 38.5 Å². The van der Waals surface area contributed by atoms with Gasteiger partial charge in [0.15, 0.2) is 0 Å². The predicted octanol–water partition coefficient (Wildman–Crippen LogP) is 25.9. The fraction of sp³-hybridized carbons (Fsp3) is 0.949. The van der Waals surface area contributed by atoms with Gasteiger partial charge in [-0.15, -0.1) is 0 Å². The molecule has 506 valence electrons. The molecule has 0 radical (unpaired) electrons. The quantitative estimate of drug-likeness (QED) is 0.0320. The Labute approximate surface area is 533 Å². The van der Waals surface area contributed by atoms with Crippen LogP contribution >= 0.6 is 0 Å². The Morgan fingerprint density at radius 1 is 0.318 bits per heavy atom. The molecule has 0 aromatic carbocycles. The van der Waals surface area contributed by atoms with Crippen LogP contribution in [0.15, 0.2) is 12.2 Å². The summed E-state index contributed by atoms with van der Waals surface area (Å²) in [6, 6.07) is -0.625. The fourth-order valence-electron chi connectivity index (χ4n) is 12.8. The molecule has 3 N–H and O–H groups in total. The zero-order chi connectivity index (χ0) is 61.3. The second-order valence-electron chi connectivity index (χ2n) is 27.4. The number of amides is 1. The average molecular weight is 1200 g/mol. The summed E-state index contributed by atoms with van der Waals surface area (Å²) >= 11 is 0. The van der Waals surface area contributed by atoms with Gasteiger partial charge < -0.3 is 20.3 Å². The lowest BCUT2D eigenvalue weighted by molar-refractivity contribution is -0.143. The Bertz CT molecular complexity index is 1290. The Morgan fingerprint density at radius 2 is 0.541 bits per heavy atom. The van der Waals surface area contributed by atoms with E-state index in [1.807, 2.05) is 6.08 Å². The van der Waals surface area contributed by atoms with Crippen molar-refractivity contribution in [2.75, 3.05) is 13.2 Å². The molecule has 0 fully saturated rings. The van der Waals surface area contributed by atoms with Gasteiger partial charge >= 0.3 is 5.97 Å². The van der Waals surface area contributed by atoms with Gasteiger partial charge in [0.1, 0.15) is 0 Å². The summed E-state index contributed by atoms with van der Waals surface area (Å²) < 4.78 is 5.52. The van der Waals surface area contributed by atoms with Gasteiger partial charge in [-0.1, -0.05) is 424 Å². The zero-order valence-corrected chi connectivity index (χ0v) is 58.1. The molecule has 0 aromatic heterocycles. The Morgan fingerprint density at radius 3 is 0.800 bits per heavy atom. The average Bonchev–Trinajstić information content (AvgIpc) is 3.51. The lowest BCUT2D eigenvalue weighted by atomic mass is 10.0. The van der Waals surface area contributed by atoms with Crippen LogP contribution in [0.4, 0.5) is 0 Å². The number of nitrogens with one attached hydrogen (secondary N) is 1. The highest BCUT2D eigenvalue weighted by Crippen LogP contribution is 2.20. The smallest absolute Gasteiger partial charge is 0.305 e. The van der Waals surface area contributed by atoms with Gasteiger partial charge in [0.25, 0.3) is 0 Å². The fourth-order valence-corrected chi connectivity index (χ4v) is 12.8. The number of aliphatic hydroxyl groups excluding tert-OH is 2. The normalized spacial score (nSPS) is 12.5. The maximum Gasteiger partial charge on any atom is 0.305 e. The molecule has 6 nitrogen and oxygen atoms in total. The number of carbonyl (C=O) groups excluding carboxylic acids is 2. The maximum absolute atomic E-state index is 12.5. The van der Waals surface area contributed by atoms with Crippen molar-refractivity contribution in [1.29, 1.82) is 0 Å². The third-order valence-corrected chi connectivity index (χ3v) is 18.8. The molecule has 0 spiro atoms. The minimum absolute atomic E-state index is 0.0255. The molecular weight excluding hydrogens is 1040 g/mol. The topological polar surface area (TPSA) is 95.9 Å². The van der Waals surface area contributed by atoms with E-state index >= 15 is 0 Å². The number of esters is 1. The van der Waals surface area contributed by atoms with Crippen LogP contribution in [0, 0.1) is 0 Å². The molecule has 0 aliphatic carbocycles. The number of ether oxygens (including phenoxy) is 1. The first-order valence-corrected chi connectivity index (χ1v) is 39.5. The molecule has 1 amide bonds. The minimum atomic E-state index is -0.842. The molecule has 0 aromatic rings. The van der Waals surface area contributed by atoms with Gasteiger partial charge in [0, 0.05) is 12.8 Å². The van der Waals surface area contributed by atoms with Gasteiger partial charge in [-0.05, 0) is 32.1 Å². The van der Waals surface area contributed by atoms with Gasteiger partial charge in [-0.3, -0.25) is 9.59 Å². The molecule has 2 atom stereocenters. The molecule has 0 heterocycles. The van der Waals surface area contributed by atoms with Crippen LogP contribution in [-0.4, -0.2) is 47.4 Å². The van der Waals surface area contributed by atoms with E-state index in [1.54, 1.807) is 6.08 Å². The van der Waals surface area contributed by atoms with Crippen molar-refractivity contribution < 1.29 is 24.5 Å². The Kier molecular flexibility index (Phi) is 73.8. The molecule has 0 aliphatic rings. The molecule has 6 heteroatoms. The third kappa shape index (κ3) is 71.6. The second kappa shape index (κ2) is 75.1. The van der Waals surface area contributed by atoms with Crippen LogP contribution in [0.5, 0.6) is 0 Å². The Balaban J connectivity index is 3.33. The SMILES string of the molecule is CCCCCCCCCCCCCCCCCCCC/C=C/C(O)C(CO)NC(=O)CCCCCCCCCCCCCCCCCCCCCCCCCCCCCCCCOC(=O)CCCCCCCCCCCCCCCCCCCC. The van der Waals surface area contributed by atoms with Crippen molar-refractivity contribution in [3.05, 3.63) is 12.2 Å². The number of hydrogen-bond donors (Lipinski definition) is 3. The number of aliphatic hydroxyl groups is 2. The van der Waals surface area contributed by atoms with E-state index in [0.29, 0.717) is 19.4 Å². The number of unbranched alkanes of at least 4 members (excludes halogenated alkanes) is 64. The van der Waals surface area contributed by atoms with Crippen LogP contribution in [0.25, 0.3) is 0 Å². The highest BCUT2D eigenvalue weighted by Gasteiger charge is 2.18. The van der Waals surface area contributed by atoms with Crippen LogP contribution in [0.1, 0.15) is 457 Å². The lowest BCUT2D eigenvalue weighted by Crippen LogP contribution is -2.45. The van der Waals surface area contributed by atoms with Gasteiger partial charge in [0.05, 0.1) is 25.4 Å². The third-order valence-electron chi connectivity index (χ3n) is 18.8. The molecule has 0 saturated carbocycles. The summed E-state index contributed by atoms with van der Waals surface area (Å²) in [4.78, 5) is 24.7. The standard InChI is InChI=1S/C79H155NO5/c1-3-5-7-9-11-13-15-17-19-21-23-36-39-43-47-51-55-59-63-67-71-77(82)76(75-81)80-78(83)72-68-64-60-56-52-48-44-40-37-34-32-30-28-26-24-25-27-29-31-33-35-38-42-46-50-54-58-62-66-70-74-85-79(84)73-69-65-61-57-53-49-45-41-22-20-18-16-14-12-10-8-6-4-2/h67,71,76-77,81-82H,3-66,68-70,72-75H2,1-2H3,(H,80,83)/b71-67+. The zero-order valence-electron chi connectivity index (χ0n) is 58.1. The monoisotopic (exact) mass is 1200 g/mol. The summed E-state index contributed by atoms with van der Waals surface area (Å²) in [5, 5.41) is 23.3. The van der Waals surface area contributed by atoms with Gasteiger partial charge in [0.2, 0.25) is 5.91 Å². The van der Waals surface area contributed by atoms with E-state index in [2.05, 4.69) is 19.2 Å². The van der Waals surface area contributed by atoms with Crippen molar-refractivity contribution in [1.82, 2.24) is 5.32 Å². The summed E-state index contributed by atoms with van der Waals surface area (Å²) in [6.45, 7) is 4.97. The molecule has 0 aliphatic heterocycles. The number of hydrogen-bond acceptors (Lipinski definition) is 5. The summed E-state index contributed by atoms with van der Waals surface area (Å²) in [5.74, 6) is -0.0335. The van der Waals surface area contributed by atoms with Crippen LogP contribution in [-0.2, 0) is 14.3 Å². The first kappa shape index (κ1) is 83.6. The van der Waals surface area contributed by atoms with Crippen LogP contribution < -0.4 is 5.32 Å². The predicted molar refractivity (Wildman–Crippen MR) is 375 cm³/mol. The molecule has 0 rings (SSSR count). The largest absolute Gasteiger partial charge is 0.466 e. The molecule has 0 bridgehead atoms. The van der Waals surface area contributed by atoms with Gasteiger partial charge in [-0.25, -0.2) is 0 Å². The first-order chi connectivity index (χ1) is 42.0. The highest BCUT2D eigenvalue weighted by atomic mass is 16.5. The van der Waals surface area contributed by atoms with Crippen molar-refractivity contribution in [2.45, 2.75) is 469 Å². The molecule has 2 unspecified atom stereocenters. The summed E-state index contributed by atoms with van der Waals surface area (Å²) in [7, 11) is 0. The molecule has 85 heavy (non-hydrogen) atoms. The van der Waals surface area contributed by atoms with E-state index in [-0.39, 0.29) is 18.5 Å². The number of allylic oxidation sites excluding steroid dienone is 1. The van der Waals surface area contributed by atoms with Crippen molar-refractivity contribution >= 4 is 11.9 Å². The van der Waals surface area contributed by atoms with Crippen molar-refractivity contribution in [2.24, 2.45) is 0 Å². The van der Waals surface area contributed by atoms with Crippen LogP contribution in [0.3, 0.4) is 0 Å². The van der Waals surface area contributed by atoms with E-state index in [4.69, 9.17) is 4.74 Å². The van der Waals surface area contributed by atoms with E-state index < -0.39 is 12.1 Å². The number of rotatable bonds is 75. The van der Waals surface area contributed by atoms with Crippen LogP contribution in [0.2, 0.25) is 0 Å². The van der Waals surface area contributed by atoms with Crippen molar-refractivity contribution in [3.8, 4) is 0 Å². The van der Waals surface area contributed by atoms with E-state index in [1.165, 1.54) is 392 Å². The first-order valence-electron chi connectivity index (χ1n) is 39.5. The minimum Gasteiger partial charge on any atom is -0.466 e. The lowest BCUT2D eigenvalue weighted by Gasteiger charge is -2.20. The Hall–Kier alpha value is -1.40. The van der Waals surface area contributed by atoms with E-state index in [9.17, 15) is 19.8 Å². The highest BCUT2D eigenvalue weighted by molar-refractivity contribution is 5.76. The molecular formula is C79H155NO5. The van der Waals surface area contributed by atoms with Gasteiger partial charge in [-0.2, -0.15) is 0 Å². The summed E-state index contributed by atoms with van der Waals surface area (Å²) in [6.07, 6.45) is 94.7. The summed E-state index contributed by atoms with van der Waals surface area (Å²) in [5.41, 5.74) is 0.